The van der Waals surface area contributed by atoms with E-state index in [1.165, 1.54) is 6.08 Å². The molecule has 0 saturated heterocycles. The first-order chi connectivity index (χ1) is 7.24. The Morgan fingerprint density at radius 2 is 2.00 bits per heavy atom. The summed E-state index contributed by atoms with van der Waals surface area (Å²) in [5.74, 6) is -0.619. The fourth-order valence-electron chi connectivity index (χ4n) is 0.978. The number of carbonyl (C=O) groups is 2. The lowest BCUT2D eigenvalue weighted by atomic mass is 10.2. The van der Waals surface area contributed by atoms with Crippen molar-refractivity contribution in [2.24, 2.45) is 0 Å². The van der Waals surface area contributed by atoms with E-state index in [0.29, 0.717) is 11.3 Å². The maximum Gasteiger partial charge on any atom is 0.270 e. The summed E-state index contributed by atoms with van der Waals surface area (Å²) in [6.45, 7) is -0.321. The maximum atomic E-state index is 11.1. The highest BCUT2D eigenvalue weighted by Crippen LogP contribution is 2.01. The number of hydrogen-bond donors (Lipinski definition) is 1. The lowest BCUT2D eigenvalue weighted by molar-refractivity contribution is -0.160. The van der Waals surface area contributed by atoms with Gasteiger partial charge in [-0.25, -0.2) is 5.06 Å². The van der Waals surface area contributed by atoms with Crippen LogP contribution in [0.25, 0.3) is 6.08 Å². The first-order valence-electron chi connectivity index (χ1n) is 4.41. The number of amides is 1. The Labute approximate surface area is 87.4 Å². The summed E-state index contributed by atoms with van der Waals surface area (Å²) in [5.41, 5.74) is 0.852. The number of aldehydes is 1. The van der Waals surface area contributed by atoms with E-state index < -0.39 is 5.91 Å². The molecule has 0 aliphatic heterocycles. The zero-order valence-electron chi connectivity index (χ0n) is 8.04. The van der Waals surface area contributed by atoms with Gasteiger partial charge in [0.25, 0.3) is 5.91 Å². The molecule has 15 heavy (non-hydrogen) atoms. The monoisotopic (exact) mass is 205 g/mol. The van der Waals surface area contributed by atoms with E-state index in [0.717, 1.165) is 5.56 Å². The van der Waals surface area contributed by atoms with Crippen LogP contribution >= 0.6 is 0 Å². The predicted octanol–water partition coefficient (Wildman–Crippen LogP) is 1.12. The van der Waals surface area contributed by atoms with Gasteiger partial charge in [0.15, 0.2) is 0 Å². The molecule has 4 heteroatoms. The van der Waals surface area contributed by atoms with Crippen LogP contribution in [-0.2, 0) is 9.59 Å². The number of nitrogens with zero attached hydrogens (tertiary/aromatic N) is 1. The van der Waals surface area contributed by atoms with Crippen molar-refractivity contribution in [1.82, 2.24) is 5.06 Å². The summed E-state index contributed by atoms with van der Waals surface area (Å²) in [7, 11) is 0. The highest BCUT2D eigenvalue weighted by molar-refractivity contribution is 5.91. The van der Waals surface area contributed by atoms with Crippen molar-refractivity contribution in [3.63, 3.8) is 0 Å². The van der Waals surface area contributed by atoms with Crippen LogP contribution in [0.15, 0.2) is 36.4 Å². The van der Waals surface area contributed by atoms with Crippen molar-refractivity contribution >= 4 is 18.3 Å². The quantitative estimate of drug-likeness (QED) is 0.347. The molecule has 0 radical (unpaired) electrons. The Balaban J connectivity index is 2.58. The highest BCUT2D eigenvalue weighted by atomic mass is 16.5. The highest BCUT2D eigenvalue weighted by Gasteiger charge is 2.04. The predicted molar refractivity (Wildman–Crippen MR) is 55.0 cm³/mol. The Morgan fingerprint density at radius 1 is 1.33 bits per heavy atom. The van der Waals surface area contributed by atoms with Crippen LogP contribution in [0.3, 0.4) is 0 Å². The number of hydrogen-bond acceptors (Lipinski definition) is 3. The Kier molecular flexibility index (Phi) is 4.25. The molecular weight excluding hydrogens is 194 g/mol. The summed E-state index contributed by atoms with van der Waals surface area (Å²) >= 11 is 0. The summed E-state index contributed by atoms with van der Waals surface area (Å²) in [5, 5.41) is 9.35. The zero-order chi connectivity index (χ0) is 11.1. The normalized spacial score (nSPS) is 10.2. The van der Waals surface area contributed by atoms with Gasteiger partial charge in [0.2, 0.25) is 0 Å². The average molecular weight is 205 g/mol. The molecule has 0 aliphatic carbocycles. The average Bonchev–Trinajstić information content (AvgIpc) is 2.27. The Bertz CT molecular complexity index is 359. The third kappa shape index (κ3) is 3.74. The second-order valence-electron chi connectivity index (χ2n) is 2.83. The minimum Gasteiger partial charge on any atom is -0.301 e. The molecule has 1 amide bonds. The number of carbonyl (C=O) groups excluding carboxylic acids is 2. The molecule has 0 atom stereocenters. The van der Waals surface area contributed by atoms with Crippen molar-refractivity contribution in [1.29, 1.82) is 0 Å². The van der Waals surface area contributed by atoms with Gasteiger partial charge in [0.1, 0.15) is 12.8 Å². The fraction of sp³-hybridized carbons (Fsp3) is 0.0909. The van der Waals surface area contributed by atoms with Gasteiger partial charge in [0, 0.05) is 6.08 Å². The first-order valence-corrected chi connectivity index (χ1v) is 4.41. The molecule has 0 heterocycles. The van der Waals surface area contributed by atoms with E-state index in [9.17, 15) is 9.59 Å². The van der Waals surface area contributed by atoms with Crippen LogP contribution in [0.1, 0.15) is 5.56 Å². The molecule has 0 aliphatic rings. The van der Waals surface area contributed by atoms with E-state index in [4.69, 9.17) is 5.21 Å². The summed E-state index contributed by atoms with van der Waals surface area (Å²) in [6.07, 6.45) is 3.23. The van der Waals surface area contributed by atoms with Gasteiger partial charge in [-0.2, -0.15) is 0 Å². The van der Waals surface area contributed by atoms with E-state index in [-0.39, 0.29) is 6.54 Å². The van der Waals surface area contributed by atoms with Crippen molar-refractivity contribution < 1.29 is 14.8 Å². The van der Waals surface area contributed by atoms with E-state index in [1.54, 1.807) is 6.08 Å². The summed E-state index contributed by atoms with van der Waals surface area (Å²) in [6, 6.07) is 9.19. The third-order valence-corrected chi connectivity index (χ3v) is 1.72. The summed E-state index contributed by atoms with van der Waals surface area (Å²) < 4.78 is 0. The molecule has 0 spiro atoms. The second kappa shape index (κ2) is 5.72. The van der Waals surface area contributed by atoms with Crippen molar-refractivity contribution in [3.8, 4) is 0 Å². The van der Waals surface area contributed by atoms with Crippen LogP contribution in [0, 0.1) is 0 Å². The smallest absolute Gasteiger partial charge is 0.270 e. The maximum absolute atomic E-state index is 11.1. The van der Waals surface area contributed by atoms with Crippen molar-refractivity contribution in [2.45, 2.75) is 0 Å². The summed E-state index contributed by atoms with van der Waals surface area (Å²) in [4.78, 5) is 21.2. The molecule has 78 valence electrons. The van der Waals surface area contributed by atoms with Gasteiger partial charge >= 0.3 is 0 Å². The molecule has 1 aromatic carbocycles. The standard InChI is InChI=1S/C11H11NO3/c13-9-8-12(15)11(14)7-6-10-4-2-1-3-5-10/h1-7,9,15H,8H2. The minimum atomic E-state index is -0.619. The lowest BCUT2D eigenvalue weighted by Gasteiger charge is -2.07. The van der Waals surface area contributed by atoms with Gasteiger partial charge in [-0.05, 0) is 11.6 Å². The zero-order valence-corrected chi connectivity index (χ0v) is 8.04. The van der Waals surface area contributed by atoms with Crippen molar-refractivity contribution in [2.75, 3.05) is 6.54 Å². The van der Waals surface area contributed by atoms with Crippen LogP contribution in [-0.4, -0.2) is 29.0 Å². The Hall–Kier alpha value is -1.94. The van der Waals surface area contributed by atoms with E-state index in [1.807, 2.05) is 30.3 Å². The molecule has 0 aromatic heterocycles. The van der Waals surface area contributed by atoms with E-state index in [2.05, 4.69) is 0 Å². The molecule has 0 unspecified atom stereocenters. The van der Waals surface area contributed by atoms with Crippen LogP contribution in [0.4, 0.5) is 0 Å². The fourth-order valence-corrected chi connectivity index (χ4v) is 0.978. The van der Waals surface area contributed by atoms with Gasteiger partial charge in [0.05, 0.1) is 0 Å². The van der Waals surface area contributed by atoms with Gasteiger partial charge in [-0.3, -0.25) is 10.0 Å². The number of hydroxylamine groups is 2. The third-order valence-electron chi connectivity index (χ3n) is 1.72. The first kappa shape index (κ1) is 11.1. The van der Waals surface area contributed by atoms with Gasteiger partial charge < -0.3 is 4.79 Å². The molecule has 0 fully saturated rings. The molecule has 1 N–H and O–H groups in total. The van der Waals surface area contributed by atoms with Crippen LogP contribution in [0.2, 0.25) is 0 Å². The van der Waals surface area contributed by atoms with Crippen molar-refractivity contribution in [3.05, 3.63) is 42.0 Å². The Morgan fingerprint density at radius 3 is 2.60 bits per heavy atom. The molecule has 0 saturated carbocycles. The SMILES string of the molecule is O=CCN(O)C(=O)C=Cc1ccccc1. The molecule has 4 nitrogen and oxygen atoms in total. The largest absolute Gasteiger partial charge is 0.301 e. The lowest BCUT2D eigenvalue weighted by Crippen LogP contribution is -2.27. The second-order valence-corrected chi connectivity index (χ2v) is 2.83. The molecular formula is C11H11NO3. The molecule has 1 rings (SSSR count). The minimum absolute atomic E-state index is 0.321. The van der Waals surface area contributed by atoms with Crippen LogP contribution in [0.5, 0.6) is 0 Å². The van der Waals surface area contributed by atoms with E-state index >= 15 is 0 Å². The number of benzene rings is 1. The van der Waals surface area contributed by atoms with Crippen LogP contribution < -0.4 is 0 Å². The topological polar surface area (TPSA) is 57.6 Å². The molecule has 0 bridgehead atoms. The number of rotatable bonds is 4. The van der Waals surface area contributed by atoms with Gasteiger partial charge in [-0.1, -0.05) is 30.3 Å². The molecule has 1 aromatic rings. The van der Waals surface area contributed by atoms with Gasteiger partial charge in [-0.15, -0.1) is 0 Å².